The maximum absolute atomic E-state index is 6.41. The van der Waals surface area contributed by atoms with Crippen LogP contribution in [-0.2, 0) is 6.03 Å². The van der Waals surface area contributed by atoms with Crippen LogP contribution in [0.4, 0.5) is 0 Å². The van der Waals surface area contributed by atoms with Crippen LogP contribution >= 0.6 is 0 Å². The Hall–Kier alpha value is -1.60. The Morgan fingerprint density at radius 3 is 0.957 bits per heavy atom. The Balaban J connectivity index is 2.46. The molecule has 3 rings (SSSR count). The van der Waals surface area contributed by atoms with Crippen molar-refractivity contribution in [3.8, 4) is 0 Å². The van der Waals surface area contributed by atoms with Crippen molar-refractivity contribution >= 4 is 28.8 Å². The molecule has 0 aliphatic heterocycles. The molecule has 0 aliphatic carbocycles. The zero-order chi connectivity index (χ0) is 16.2. The van der Waals surface area contributed by atoms with Gasteiger partial charge in [0.15, 0.2) is 0 Å². The summed E-state index contributed by atoms with van der Waals surface area (Å²) in [6, 6.07) is 31.1. The molecule has 2 nitrogen and oxygen atoms in total. The molecule has 0 N–H and O–H groups in total. The van der Waals surface area contributed by atoms with E-state index in [9.17, 15) is 0 Å². The molecule has 0 unspecified atom stereocenters. The third kappa shape index (κ3) is 2.33. The minimum absolute atomic E-state index is 1.13. The fourth-order valence-electron chi connectivity index (χ4n) is 3.25. The predicted molar refractivity (Wildman–Crippen MR) is 98.0 cm³/mol. The van der Waals surface area contributed by atoms with Crippen LogP contribution in [0.1, 0.15) is 0 Å². The Morgan fingerprint density at radius 1 is 0.478 bits per heavy atom. The van der Waals surface area contributed by atoms with Crippen molar-refractivity contribution in [2.24, 2.45) is 0 Å². The van der Waals surface area contributed by atoms with Crippen LogP contribution in [0.3, 0.4) is 0 Å². The van der Waals surface area contributed by atoms with E-state index in [0.717, 1.165) is 10.5 Å². The van der Waals surface area contributed by atoms with E-state index in [2.05, 4.69) is 36.4 Å². The zero-order valence-corrected chi connectivity index (χ0v) is 16.0. The summed E-state index contributed by atoms with van der Waals surface area (Å²) < 4.78 is 16.2. The third-order valence-corrected chi connectivity index (χ3v) is 18.9. The van der Waals surface area contributed by atoms with Crippen molar-refractivity contribution in [1.29, 1.82) is 0 Å². The summed E-state index contributed by atoms with van der Waals surface area (Å²) in [5.41, 5.74) is 0. The number of hydrogen-bond acceptors (Lipinski definition) is 2. The summed E-state index contributed by atoms with van der Waals surface area (Å²) in [5.74, 6) is 0. The van der Waals surface area contributed by atoms with Crippen LogP contribution in [0.15, 0.2) is 91.0 Å². The zero-order valence-electron chi connectivity index (χ0n) is 13.4. The van der Waals surface area contributed by atoms with Crippen LogP contribution in [0.5, 0.6) is 0 Å². The summed E-state index contributed by atoms with van der Waals surface area (Å²) in [7, 11) is 3.55. The van der Waals surface area contributed by atoms with Crippen molar-refractivity contribution in [1.82, 2.24) is 0 Å². The van der Waals surface area contributed by atoms with Gasteiger partial charge in [0, 0.05) is 0 Å². The van der Waals surface area contributed by atoms with E-state index >= 15 is 0 Å². The van der Waals surface area contributed by atoms with Gasteiger partial charge in [-0.05, 0) is 0 Å². The van der Waals surface area contributed by atoms with Crippen molar-refractivity contribution in [2.45, 2.75) is 0 Å². The fraction of sp³-hybridized carbons (Fsp3) is 0.100. The van der Waals surface area contributed by atoms with Crippen molar-refractivity contribution in [3.63, 3.8) is 0 Å². The summed E-state index contributed by atoms with van der Waals surface area (Å²) in [6.45, 7) is 0. The Bertz CT molecular complexity index is 650. The Kier molecular flexibility index (Phi) is 4.59. The molecule has 3 aromatic carbocycles. The Morgan fingerprint density at radius 2 is 0.739 bits per heavy atom. The summed E-state index contributed by atoms with van der Waals surface area (Å²) in [6.07, 6.45) is 0. The molecule has 23 heavy (non-hydrogen) atoms. The molecule has 0 saturated carbocycles. The summed E-state index contributed by atoms with van der Waals surface area (Å²) >= 11 is -4.46. The molecule has 3 heteroatoms. The quantitative estimate of drug-likeness (QED) is 0.597. The molecular formula is C20H21O2Sb. The molecule has 0 spiro atoms. The number of rotatable bonds is 5. The van der Waals surface area contributed by atoms with Gasteiger partial charge in [0.2, 0.25) is 0 Å². The van der Waals surface area contributed by atoms with Crippen molar-refractivity contribution in [3.05, 3.63) is 91.0 Å². The van der Waals surface area contributed by atoms with Gasteiger partial charge >= 0.3 is 140 Å². The van der Waals surface area contributed by atoms with Gasteiger partial charge < -0.3 is 0 Å². The predicted octanol–water partition coefficient (Wildman–Crippen LogP) is 2.40. The van der Waals surface area contributed by atoms with Gasteiger partial charge in [0.25, 0.3) is 0 Å². The molecule has 0 saturated heterocycles. The van der Waals surface area contributed by atoms with Crippen LogP contribution in [0, 0.1) is 0 Å². The normalized spacial score (nSPS) is 13.2. The van der Waals surface area contributed by atoms with Gasteiger partial charge in [-0.1, -0.05) is 0 Å². The van der Waals surface area contributed by atoms with E-state index in [-0.39, 0.29) is 0 Å². The van der Waals surface area contributed by atoms with Gasteiger partial charge in [0.05, 0.1) is 0 Å². The van der Waals surface area contributed by atoms with Crippen molar-refractivity contribution in [2.75, 3.05) is 14.2 Å². The second kappa shape index (κ2) is 6.49. The standard InChI is InChI=1S/3C6H5.2CH3O.Sb/c3*1-2-4-6-5-3-1;2*1-2;/h3*1-5H;2*1H3;/q;;;2*-1;+2. The van der Waals surface area contributed by atoms with Gasteiger partial charge in [-0.15, -0.1) is 0 Å². The van der Waals surface area contributed by atoms with E-state index in [1.807, 2.05) is 54.6 Å². The van der Waals surface area contributed by atoms with Crippen LogP contribution in [0.2, 0.25) is 0 Å². The topological polar surface area (TPSA) is 18.5 Å². The first-order valence-corrected chi connectivity index (χ1v) is 13.5. The SMILES string of the molecule is C[O][Sb]([O]C)([c]1ccccc1)([c]1ccccc1)[c]1ccccc1. The van der Waals surface area contributed by atoms with E-state index < -0.39 is 18.2 Å². The van der Waals surface area contributed by atoms with E-state index in [1.165, 1.54) is 0 Å². The average Bonchev–Trinajstić information content (AvgIpc) is 2.67. The summed E-state index contributed by atoms with van der Waals surface area (Å²) in [4.78, 5) is 0. The Labute approximate surface area is 139 Å². The van der Waals surface area contributed by atoms with Gasteiger partial charge in [-0.2, -0.15) is 0 Å². The number of benzene rings is 3. The molecule has 0 aromatic heterocycles. The molecular weight excluding hydrogens is 394 g/mol. The first-order chi connectivity index (χ1) is 11.3. The van der Waals surface area contributed by atoms with Crippen LogP contribution < -0.4 is 10.5 Å². The molecule has 0 radical (unpaired) electrons. The molecule has 3 aromatic rings. The molecule has 0 atom stereocenters. The minimum atomic E-state index is -4.46. The van der Waals surface area contributed by atoms with Crippen LogP contribution in [0.25, 0.3) is 0 Å². The fourth-order valence-corrected chi connectivity index (χ4v) is 15.9. The molecule has 0 amide bonds. The van der Waals surface area contributed by atoms with E-state index in [0.29, 0.717) is 0 Å². The second-order valence-corrected chi connectivity index (χ2v) is 17.3. The van der Waals surface area contributed by atoms with E-state index in [1.54, 1.807) is 14.2 Å². The monoisotopic (exact) mass is 414 g/mol. The van der Waals surface area contributed by atoms with Gasteiger partial charge in [-0.3, -0.25) is 0 Å². The summed E-state index contributed by atoms with van der Waals surface area (Å²) in [5, 5.41) is 0. The molecule has 0 fully saturated rings. The van der Waals surface area contributed by atoms with Gasteiger partial charge in [0.1, 0.15) is 0 Å². The molecule has 0 heterocycles. The van der Waals surface area contributed by atoms with Crippen LogP contribution in [-0.4, -0.2) is 32.5 Å². The molecule has 0 bridgehead atoms. The first kappa shape index (κ1) is 16.3. The molecule has 118 valence electrons. The second-order valence-electron chi connectivity index (χ2n) is 5.33. The van der Waals surface area contributed by atoms with Crippen molar-refractivity contribution < 1.29 is 6.03 Å². The third-order valence-electron chi connectivity index (χ3n) is 4.37. The average molecular weight is 415 g/mol. The number of hydrogen-bond donors (Lipinski definition) is 0. The van der Waals surface area contributed by atoms with E-state index in [4.69, 9.17) is 6.03 Å². The molecule has 0 aliphatic rings. The maximum atomic E-state index is 6.41. The first-order valence-electron chi connectivity index (χ1n) is 7.58. The van der Waals surface area contributed by atoms with Gasteiger partial charge in [-0.25, -0.2) is 0 Å².